The lowest BCUT2D eigenvalue weighted by Gasteiger charge is -2.52. The fraction of sp³-hybridized carbons (Fsp3) is 0.391. The molecule has 1 spiro atoms. The number of ether oxygens (including phenoxy) is 1. The van der Waals surface area contributed by atoms with E-state index >= 15 is 4.39 Å². The molecule has 2 aliphatic heterocycles. The number of hydrogen-bond donors (Lipinski definition) is 2. The van der Waals surface area contributed by atoms with Gasteiger partial charge in [0.05, 0.1) is 46.9 Å². The molecule has 3 heterocycles. The third-order valence-corrected chi connectivity index (χ3v) is 7.34. The molecule has 10 heteroatoms. The number of likely N-dealkylation sites (tertiary alicyclic amines) is 1. The zero-order chi connectivity index (χ0) is 23.3. The molecule has 3 aromatic rings. The molecule has 0 unspecified atom stereocenters. The third-order valence-electron chi connectivity index (χ3n) is 6.54. The van der Waals surface area contributed by atoms with E-state index in [1.807, 2.05) is 0 Å². The van der Waals surface area contributed by atoms with Crippen LogP contribution in [0.3, 0.4) is 0 Å². The number of fused-ring (bicyclic) bond motifs is 1. The van der Waals surface area contributed by atoms with Crippen LogP contribution in [0.5, 0.6) is 0 Å². The smallest absolute Gasteiger partial charge is 0.256 e. The summed E-state index contributed by atoms with van der Waals surface area (Å²) >= 11 is 9.74. The maximum Gasteiger partial charge on any atom is 0.256 e. The molecule has 1 atom stereocenters. The molecule has 2 aliphatic rings. The number of halogens is 3. The Labute approximate surface area is 204 Å². The van der Waals surface area contributed by atoms with Crippen molar-refractivity contribution in [2.75, 3.05) is 31.6 Å². The quantitative estimate of drug-likeness (QED) is 0.517. The molecular weight excluding hydrogens is 513 g/mol. The fourth-order valence-electron chi connectivity index (χ4n) is 4.50. The van der Waals surface area contributed by atoms with Gasteiger partial charge in [-0.2, -0.15) is 0 Å². The third kappa shape index (κ3) is 3.90. The summed E-state index contributed by atoms with van der Waals surface area (Å²) in [5, 5.41) is 6.91. The van der Waals surface area contributed by atoms with Crippen LogP contribution in [0.1, 0.15) is 23.7 Å². The number of benzene rings is 2. The van der Waals surface area contributed by atoms with Crippen molar-refractivity contribution in [3.8, 4) is 0 Å². The van der Waals surface area contributed by atoms with Crippen molar-refractivity contribution in [3.05, 3.63) is 51.5 Å². The fourth-order valence-corrected chi connectivity index (χ4v) is 5.22. The molecule has 174 valence electrons. The molecule has 33 heavy (non-hydrogen) atoms. The van der Waals surface area contributed by atoms with Crippen LogP contribution in [0.25, 0.3) is 11.0 Å². The lowest BCUT2D eigenvalue weighted by molar-refractivity contribution is -0.137. The highest BCUT2D eigenvalue weighted by molar-refractivity contribution is 9.10. The Kier molecular flexibility index (Phi) is 5.84. The van der Waals surface area contributed by atoms with Crippen LogP contribution in [0.2, 0.25) is 5.02 Å². The van der Waals surface area contributed by atoms with Gasteiger partial charge in [-0.3, -0.25) is 4.79 Å². The Morgan fingerprint density at radius 3 is 2.94 bits per heavy atom. The van der Waals surface area contributed by atoms with Gasteiger partial charge in [0.2, 0.25) is 0 Å². The van der Waals surface area contributed by atoms with Crippen molar-refractivity contribution in [1.29, 1.82) is 0 Å². The summed E-state index contributed by atoms with van der Waals surface area (Å²) in [6.45, 7) is 4.52. The number of carbonyl (C=O) groups is 1. The Morgan fingerprint density at radius 2 is 2.18 bits per heavy atom. The maximum atomic E-state index is 15.7. The normalized spacial score (nSPS) is 20.0. The van der Waals surface area contributed by atoms with Gasteiger partial charge in [-0.05, 0) is 44.2 Å². The second-order valence-electron chi connectivity index (χ2n) is 8.69. The Morgan fingerprint density at radius 1 is 1.39 bits per heavy atom. The molecule has 5 rings (SSSR count). The lowest BCUT2D eigenvalue weighted by Crippen LogP contribution is -2.71. The number of aromatic nitrogens is 2. The zero-order valence-corrected chi connectivity index (χ0v) is 20.6. The summed E-state index contributed by atoms with van der Waals surface area (Å²) in [5.41, 5.74) is 1.10. The summed E-state index contributed by atoms with van der Waals surface area (Å²) in [6, 6.07) is 7.04. The van der Waals surface area contributed by atoms with Crippen LogP contribution in [0, 0.1) is 5.82 Å². The summed E-state index contributed by atoms with van der Waals surface area (Å²) in [6.07, 6.45) is 2.47. The highest BCUT2D eigenvalue weighted by atomic mass is 79.9. The van der Waals surface area contributed by atoms with Crippen molar-refractivity contribution in [2.24, 2.45) is 7.05 Å². The second-order valence-corrected chi connectivity index (χ2v) is 10.0. The highest BCUT2D eigenvalue weighted by Gasteiger charge is 2.51. The van der Waals surface area contributed by atoms with Crippen LogP contribution in [0.15, 0.2) is 35.1 Å². The van der Waals surface area contributed by atoms with Crippen LogP contribution < -0.4 is 10.6 Å². The first kappa shape index (κ1) is 22.6. The maximum absolute atomic E-state index is 15.7. The number of aryl methyl sites for hydroxylation is 1. The van der Waals surface area contributed by atoms with Crippen molar-refractivity contribution >= 4 is 55.8 Å². The number of carbonyl (C=O) groups excluding carboxylic acids is 1. The number of amides is 1. The highest BCUT2D eigenvalue weighted by Crippen LogP contribution is 2.37. The van der Waals surface area contributed by atoms with Gasteiger partial charge in [0.25, 0.3) is 5.91 Å². The molecule has 0 saturated carbocycles. The number of nitrogens with zero attached hydrogens (tertiary/aromatic N) is 3. The van der Waals surface area contributed by atoms with E-state index in [2.05, 4.69) is 38.5 Å². The van der Waals surface area contributed by atoms with Crippen molar-refractivity contribution in [2.45, 2.75) is 25.0 Å². The Hall–Kier alpha value is -2.20. The Bertz CT molecular complexity index is 1240. The van der Waals surface area contributed by atoms with E-state index in [0.29, 0.717) is 35.9 Å². The molecule has 0 aliphatic carbocycles. The molecule has 1 amide bonds. The molecule has 2 N–H and O–H groups in total. The summed E-state index contributed by atoms with van der Waals surface area (Å²) < 4.78 is 24.3. The number of rotatable bonds is 3. The van der Waals surface area contributed by atoms with Gasteiger partial charge >= 0.3 is 0 Å². The molecule has 2 saturated heterocycles. The lowest BCUT2D eigenvalue weighted by atomic mass is 9.86. The summed E-state index contributed by atoms with van der Waals surface area (Å²) in [4.78, 5) is 19.5. The molecule has 0 radical (unpaired) electrons. The van der Waals surface area contributed by atoms with E-state index in [4.69, 9.17) is 16.3 Å². The van der Waals surface area contributed by atoms with Crippen molar-refractivity contribution in [3.63, 3.8) is 0 Å². The number of hydrogen-bond acceptors (Lipinski definition) is 5. The first-order chi connectivity index (χ1) is 15.8. The molecule has 7 nitrogen and oxygen atoms in total. The van der Waals surface area contributed by atoms with Gasteiger partial charge in [-0.25, -0.2) is 9.37 Å². The van der Waals surface area contributed by atoms with E-state index in [0.717, 1.165) is 17.4 Å². The SMILES string of the molecule is C[C@@H]1NCCCOC12CN(C(=O)c1cc3c(ncn3C)c(F)c1Nc1ccc(Br)cc1Cl)C2. The first-order valence-corrected chi connectivity index (χ1v) is 12.0. The Balaban J connectivity index is 1.52. The van der Waals surface area contributed by atoms with Gasteiger partial charge in [-0.15, -0.1) is 0 Å². The van der Waals surface area contributed by atoms with Crippen molar-refractivity contribution in [1.82, 2.24) is 19.8 Å². The minimum atomic E-state index is -0.591. The summed E-state index contributed by atoms with van der Waals surface area (Å²) in [7, 11) is 1.77. The zero-order valence-electron chi connectivity index (χ0n) is 18.3. The molecule has 2 fully saturated rings. The molecule has 2 aromatic carbocycles. The van der Waals surface area contributed by atoms with E-state index in [1.54, 1.807) is 40.8 Å². The first-order valence-electron chi connectivity index (χ1n) is 10.8. The number of imidazole rings is 1. The minimum absolute atomic E-state index is 0.0596. The van der Waals surface area contributed by atoms with Crippen LogP contribution in [0.4, 0.5) is 15.8 Å². The van der Waals surface area contributed by atoms with Gasteiger partial charge < -0.3 is 24.8 Å². The van der Waals surface area contributed by atoms with E-state index in [1.165, 1.54) is 6.33 Å². The van der Waals surface area contributed by atoms with Crippen molar-refractivity contribution < 1.29 is 13.9 Å². The minimum Gasteiger partial charge on any atom is -0.370 e. The summed E-state index contributed by atoms with van der Waals surface area (Å²) in [5.74, 6) is -0.857. The number of anilines is 2. The topological polar surface area (TPSA) is 71.4 Å². The predicted molar refractivity (Wildman–Crippen MR) is 130 cm³/mol. The monoisotopic (exact) mass is 535 g/mol. The van der Waals surface area contributed by atoms with E-state index in [-0.39, 0.29) is 28.7 Å². The average Bonchev–Trinajstić information content (AvgIpc) is 3.01. The van der Waals surface area contributed by atoms with Crippen LogP contribution in [-0.4, -0.2) is 58.2 Å². The average molecular weight is 537 g/mol. The van der Waals surface area contributed by atoms with Gasteiger partial charge in [-0.1, -0.05) is 27.5 Å². The van der Waals surface area contributed by atoms with Crippen LogP contribution >= 0.6 is 27.5 Å². The van der Waals surface area contributed by atoms with Gasteiger partial charge in [0.1, 0.15) is 11.1 Å². The van der Waals surface area contributed by atoms with Crippen LogP contribution in [-0.2, 0) is 11.8 Å². The molecular formula is C23H24BrClFN5O2. The molecule has 0 bridgehead atoms. The molecule has 1 aromatic heterocycles. The predicted octanol–water partition coefficient (Wildman–Crippen LogP) is 4.46. The number of nitrogens with one attached hydrogen (secondary N) is 2. The second kappa shape index (κ2) is 8.54. The van der Waals surface area contributed by atoms with Gasteiger partial charge in [0, 0.05) is 24.2 Å². The van der Waals surface area contributed by atoms with E-state index in [9.17, 15) is 4.79 Å². The van der Waals surface area contributed by atoms with E-state index < -0.39 is 11.4 Å². The largest absolute Gasteiger partial charge is 0.370 e. The standard InChI is InChI=1S/C23H24BrClFN5O2/c1-13-23(33-7-3-6-27-13)10-31(11-23)22(32)15-9-18-21(28-12-30(18)2)19(26)20(15)29-17-5-4-14(24)8-16(17)25/h4-5,8-9,12-13,27,29H,3,6-7,10-11H2,1-2H3/t13-/m0/s1. The van der Waals surface area contributed by atoms with Gasteiger partial charge in [0.15, 0.2) is 5.82 Å².